The zero-order valence-corrected chi connectivity index (χ0v) is 13.1. The maximum Gasteiger partial charge on any atom is 0.128 e. The van der Waals surface area contributed by atoms with E-state index in [4.69, 9.17) is 11.6 Å². The molecule has 0 amide bonds. The van der Waals surface area contributed by atoms with Crippen molar-refractivity contribution in [3.8, 4) is 0 Å². The van der Waals surface area contributed by atoms with Gasteiger partial charge in [0, 0.05) is 27.8 Å². The molecule has 0 saturated heterocycles. The number of fused-ring (bicyclic) bond motifs is 3. The lowest BCUT2D eigenvalue weighted by atomic mass is 9.76. The van der Waals surface area contributed by atoms with Gasteiger partial charge in [-0.05, 0) is 37.0 Å². The lowest BCUT2D eigenvalue weighted by molar-refractivity contribution is 0.413. The van der Waals surface area contributed by atoms with Gasteiger partial charge in [-0.3, -0.25) is 0 Å². The molecule has 0 radical (unpaired) electrons. The van der Waals surface area contributed by atoms with Crippen LogP contribution in [0, 0.1) is 18.7 Å². The fourth-order valence-electron chi connectivity index (χ4n) is 3.84. The van der Waals surface area contributed by atoms with Crippen LogP contribution in [-0.2, 0) is 0 Å². The molecule has 1 aliphatic heterocycles. The first-order valence-corrected chi connectivity index (χ1v) is 8.01. The van der Waals surface area contributed by atoms with Gasteiger partial charge in [-0.2, -0.15) is 0 Å². The molecule has 112 valence electrons. The van der Waals surface area contributed by atoms with Crippen molar-refractivity contribution in [2.45, 2.75) is 25.3 Å². The van der Waals surface area contributed by atoms with Crippen molar-refractivity contribution in [3.63, 3.8) is 0 Å². The highest BCUT2D eigenvalue weighted by Gasteiger charge is 2.40. The second-order valence-electron chi connectivity index (χ2n) is 6.15. The molecule has 3 heteroatoms. The molecule has 1 aliphatic carbocycles. The molecule has 4 rings (SSSR count). The smallest absolute Gasteiger partial charge is 0.128 e. The predicted octanol–water partition coefficient (Wildman–Crippen LogP) is 5.61. The number of nitrogens with one attached hydrogen (secondary N) is 1. The number of halogens is 2. The molecule has 0 saturated carbocycles. The number of rotatable bonds is 1. The van der Waals surface area contributed by atoms with Crippen LogP contribution in [0.3, 0.4) is 0 Å². The molecule has 1 N–H and O–H groups in total. The van der Waals surface area contributed by atoms with Gasteiger partial charge >= 0.3 is 0 Å². The average Bonchev–Trinajstić information content (AvgIpc) is 3.00. The summed E-state index contributed by atoms with van der Waals surface area (Å²) < 4.78 is 14.3. The summed E-state index contributed by atoms with van der Waals surface area (Å²) >= 11 is 6.46. The van der Waals surface area contributed by atoms with Crippen LogP contribution in [0.25, 0.3) is 0 Å². The highest BCUT2D eigenvalue weighted by atomic mass is 35.5. The van der Waals surface area contributed by atoms with E-state index in [1.54, 1.807) is 6.07 Å². The molecule has 2 aromatic rings. The molecule has 0 spiro atoms. The Kier molecular flexibility index (Phi) is 3.23. The van der Waals surface area contributed by atoms with Gasteiger partial charge in [-0.1, -0.05) is 48.0 Å². The Hall–Kier alpha value is -1.80. The maximum absolute atomic E-state index is 14.3. The highest BCUT2D eigenvalue weighted by molar-refractivity contribution is 6.32. The summed E-state index contributed by atoms with van der Waals surface area (Å²) in [7, 11) is 0. The van der Waals surface area contributed by atoms with Gasteiger partial charge in [0.2, 0.25) is 0 Å². The number of hydrogen-bond acceptors (Lipinski definition) is 1. The number of hydrogen-bond donors (Lipinski definition) is 1. The summed E-state index contributed by atoms with van der Waals surface area (Å²) in [5.74, 6) is 0.422. The third-order valence-electron chi connectivity index (χ3n) is 4.92. The number of anilines is 1. The molecule has 0 aromatic heterocycles. The minimum atomic E-state index is -0.145. The Morgan fingerprint density at radius 3 is 2.82 bits per heavy atom. The summed E-state index contributed by atoms with van der Waals surface area (Å²) in [6.07, 6.45) is 5.36. The molecule has 0 bridgehead atoms. The quantitative estimate of drug-likeness (QED) is 0.674. The van der Waals surface area contributed by atoms with Crippen LogP contribution >= 0.6 is 11.6 Å². The molecule has 0 fully saturated rings. The Bertz CT molecular complexity index is 768. The molecular formula is C19H17ClFN. The second kappa shape index (κ2) is 5.13. The number of benzene rings is 2. The molecule has 2 aromatic carbocycles. The number of aryl methyl sites for hydroxylation is 1. The normalized spacial score (nSPS) is 25.5. The molecule has 22 heavy (non-hydrogen) atoms. The largest absolute Gasteiger partial charge is 0.377 e. The summed E-state index contributed by atoms with van der Waals surface area (Å²) in [4.78, 5) is 0. The van der Waals surface area contributed by atoms with E-state index in [0.29, 0.717) is 5.92 Å². The molecular weight excluding hydrogens is 297 g/mol. The Balaban J connectivity index is 1.88. The topological polar surface area (TPSA) is 12.0 Å². The lowest BCUT2D eigenvalue weighted by Gasteiger charge is -2.38. The van der Waals surface area contributed by atoms with Crippen LogP contribution in [0.4, 0.5) is 10.1 Å². The summed E-state index contributed by atoms with van der Waals surface area (Å²) in [6.45, 7) is 2.07. The van der Waals surface area contributed by atoms with Crippen molar-refractivity contribution in [3.05, 3.63) is 76.1 Å². The first kappa shape index (κ1) is 13.8. The van der Waals surface area contributed by atoms with Crippen molar-refractivity contribution in [1.29, 1.82) is 0 Å². The molecule has 1 heterocycles. The van der Waals surface area contributed by atoms with Crippen molar-refractivity contribution < 1.29 is 4.39 Å². The van der Waals surface area contributed by atoms with Gasteiger partial charge in [0.1, 0.15) is 5.82 Å². The van der Waals surface area contributed by atoms with Gasteiger partial charge in [-0.15, -0.1) is 0 Å². The standard InChI is InChI=1S/C19H17ClFN/c1-11-9-10-15(20)17-12-6-4-7-13(12)19(22-18(11)17)14-5-2-3-8-16(14)21/h2-6,8-10,12-13,19,22H,7H2,1H3/t12-,13+,19+/m1/s1. The van der Waals surface area contributed by atoms with E-state index >= 15 is 0 Å². The van der Waals surface area contributed by atoms with E-state index in [-0.39, 0.29) is 17.8 Å². The van der Waals surface area contributed by atoms with E-state index < -0.39 is 0 Å². The monoisotopic (exact) mass is 313 g/mol. The lowest BCUT2D eigenvalue weighted by Crippen LogP contribution is -2.30. The first-order chi connectivity index (χ1) is 10.7. The van der Waals surface area contributed by atoms with Crippen LogP contribution in [0.5, 0.6) is 0 Å². The van der Waals surface area contributed by atoms with Gasteiger partial charge < -0.3 is 5.32 Å². The Labute approximate surface area is 134 Å². The molecule has 0 unspecified atom stereocenters. The first-order valence-electron chi connectivity index (χ1n) is 7.63. The van der Waals surface area contributed by atoms with E-state index in [2.05, 4.69) is 24.4 Å². The maximum atomic E-state index is 14.3. The van der Waals surface area contributed by atoms with Crippen molar-refractivity contribution >= 4 is 17.3 Å². The van der Waals surface area contributed by atoms with Crippen LogP contribution in [-0.4, -0.2) is 0 Å². The number of allylic oxidation sites excluding steroid dienone is 2. The fraction of sp³-hybridized carbons (Fsp3) is 0.263. The van der Waals surface area contributed by atoms with Gasteiger partial charge in [-0.25, -0.2) is 4.39 Å². The highest BCUT2D eigenvalue weighted by Crippen LogP contribution is 2.52. The van der Waals surface area contributed by atoms with E-state index in [0.717, 1.165) is 33.8 Å². The minimum absolute atomic E-state index is 0.0223. The van der Waals surface area contributed by atoms with Gasteiger partial charge in [0.05, 0.1) is 6.04 Å². The summed E-state index contributed by atoms with van der Waals surface area (Å²) in [5, 5.41) is 4.36. The van der Waals surface area contributed by atoms with Crippen molar-refractivity contribution in [2.24, 2.45) is 5.92 Å². The molecule has 2 aliphatic rings. The summed E-state index contributed by atoms with van der Waals surface area (Å²) in [5.41, 5.74) is 4.12. The Morgan fingerprint density at radius 1 is 1.18 bits per heavy atom. The van der Waals surface area contributed by atoms with E-state index in [1.807, 2.05) is 24.3 Å². The summed E-state index contributed by atoms with van der Waals surface area (Å²) in [6, 6.07) is 11.0. The zero-order valence-electron chi connectivity index (χ0n) is 12.3. The molecule has 3 atom stereocenters. The third-order valence-corrected chi connectivity index (χ3v) is 5.24. The minimum Gasteiger partial charge on any atom is -0.377 e. The predicted molar refractivity (Wildman–Crippen MR) is 88.9 cm³/mol. The van der Waals surface area contributed by atoms with Crippen molar-refractivity contribution in [1.82, 2.24) is 0 Å². The van der Waals surface area contributed by atoms with Crippen molar-refractivity contribution in [2.75, 3.05) is 5.32 Å². The average molecular weight is 314 g/mol. The van der Waals surface area contributed by atoms with Gasteiger partial charge in [0.15, 0.2) is 0 Å². The van der Waals surface area contributed by atoms with E-state index in [9.17, 15) is 4.39 Å². The molecule has 1 nitrogen and oxygen atoms in total. The van der Waals surface area contributed by atoms with Crippen LogP contribution in [0.2, 0.25) is 5.02 Å². The third kappa shape index (κ3) is 1.98. The second-order valence-corrected chi connectivity index (χ2v) is 6.56. The fourth-order valence-corrected chi connectivity index (χ4v) is 4.13. The Morgan fingerprint density at radius 2 is 2.00 bits per heavy atom. The zero-order chi connectivity index (χ0) is 15.3. The van der Waals surface area contributed by atoms with Crippen LogP contribution in [0.15, 0.2) is 48.6 Å². The van der Waals surface area contributed by atoms with Crippen LogP contribution in [0.1, 0.15) is 35.1 Å². The van der Waals surface area contributed by atoms with Crippen LogP contribution < -0.4 is 5.32 Å². The van der Waals surface area contributed by atoms with E-state index in [1.165, 1.54) is 6.07 Å². The van der Waals surface area contributed by atoms with Gasteiger partial charge in [0.25, 0.3) is 0 Å². The SMILES string of the molecule is Cc1ccc(Cl)c2c1N[C@H](c1ccccc1F)[C@H]1CC=C[C@@H]21.